The quantitative estimate of drug-likeness (QED) is 0.668. The maximum absolute atomic E-state index is 11.9. The standard InChI is InChI=1S/C14H15ClN4OS/c1-8-5-10(15)3-4-11(8)18-13(20)7-21-14-17-9(2)6-12(16)19-14/h3-6H,7H2,1-2H3,(H,18,20)(H2,16,17,19). The molecule has 5 nitrogen and oxygen atoms in total. The van der Waals surface area contributed by atoms with Crippen molar-refractivity contribution >= 4 is 40.8 Å². The van der Waals surface area contributed by atoms with Crippen LogP contribution >= 0.6 is 23.4 Å². The van der Waals surface area contributed by atoms with Crippen LogP contribution in [0.25, 0.3) is 0 Å². The van der Waals surface area contributed by atoms with Gasteiger partial charge >= 0.3 is 0 Å². The molecule has 0 unspecified atom stereocenters. The minimum Gasteiger partial charge on any atom is -0.384 e. The lowest BCUT2D eigenvalue weighted by Crippen LogP contribution is -2.15. The number of amides is 1. The van der Waals surface area contributed by atoms with Crippen molar-refractivity contribution in [2.24, 2.45) is 0 Å². The maximum Gasteiger partial charge on any atom is 0.234 e. The Morgan fingerprint density at radius 2 is 2.10 bits per heavy atom. The van der Waals surface area contributed by atoms with Crippen molar-refractivity contribution in [1.82, 2.24) is 9.97 Å². The van der Waals surface area contributed by atoms with E-state index in [0.29, 0.717) is 16.0 Å². The average Bonchev–Trinajstić information content (AvgIpc) is 2.39. The van der Waals surface area contributed by atoms with Gasteiger partial charge in [0.25, 0.3) is 0 Å². The van der Waals surface area contributed by atoms with Gasteiger partial charge in [-0.25, -0.2) is 9.97 Å². The number of nitrogens with zero attached hydrogens (tertiary/aromatic N) is 2. The van der Waals surface area contributed by atoms with Crippen molar-refractivity contribution in [3.05, 3.63) is 40.5 Å². The van der Waals surface area contributed by atoms with Gasteiger partial charge in [0, 0.05) is 22.5 Å². The van der Waals surface area contributed by atoms with Crippen molar-refractivity contribution in [3.63, 3.8) is 0 Å². The third kappa shape index (κ3) is 4.61. The predicted octanol–water partition coefficient (Wildman–Crippen LogP) is 3.06. The van der Waals surface area contributed by atoms with Crippen LogP contribution in [0, 0.1) is 13.8 Å². The van der Waals surface area contributed by atoms with E-state index in [1.807, 2.05) is 13.8 Å². The number of benzene rings is 1. The number of rotatable bonds is 4. The normalized spacial score (nSPS) is 10.4. The Bertz CT molecular complexity index is 658. The Balaban J connectivity index is 1.95. The molecule has 0 fully saturated rings. The van der Waals surface area contributed by atoms with Crippen LogP contribution in [0.1, 0.15) is 11.3 Å². The number of aromatic nitrogens is 2. The number of nitrogen functional groups attached to an aromatic ring is 1. The van der Waals surface area contributed by atoms with E-state index in [0.717, 1.165) is 16.9 Å². The summed E-state index contributed by atoms with van der Waals surface area (Å²) in [5.41, 5.74) is 8.08. The van der Waals surface area contributed by atoms with Gasteiger partial charge in [-0.3, -0.25) is 4.79 Å². The summed E-state index contributed by atoms with van der Waals surface area (Å²) in [6, 6.07) is 7.00. The second-order valence-electron chi connectivity index (χ2n) is 4.51. The van der Waals surface area contributed by atoms with E-state index in [1.54, 1.807) is 24.3 Å². The van der Waals surface area contributed by atoms with Gasteiger partial charge < -0.3 is 11.1 Å². The SMILES string of the molecule is Cc1cc(N)nc(SCC(=O)Nc2ccc(Cl)cc2C)n1. The second-order valence-corrected chi connectivity index (χ2v) is 5.89. The second kappa shape index (κ2) is 6.78. The van der Waals surface area contributed by atoms with Crippen LogP contribution in [-0.4, -0.2) is 21.6 Å². The minimum absolute atomic E-state index is 0.130. The van der Waals surface area contributed by atoms with Gasteiger partial charge in [0.2, 0.25) is 5.91 Å². The number of aryl methyl sites for hydroxylation is 2. The van der Waals surface area contributed by atoms with Crippen molar-refractivity contribution < 1.29 is 4.79 Å². The summed E-state index contributed by atoms with van der Waals surface area (Å²) in [4.78, 5) is 20.2. The number of nitrogens with two attached hydrogens (primary N) is 1. The molecule has 1 aromatic heterocycles. The average molecular weight is 323 g/mol. The monoisotopic (exact) mass is 322 g/mol. The molecule has 1 amide bonds. The lowest BCUT2D eigenvalue weighted by molar-refractivity contribution is -0.113. The molecule has 0 spiro atoms. The lowest BCUT2D eigenvalue weighted by atomic mass is 10.2. The molecule has 0 saturated carbocycles. The van der Waals surface area contributed by atoms with Crippen LogP contribution in [0.4, 0.5) is 11.5 Å². The van der Waals surface area contributed by atoms with E-state index in [1.165, 1.54) is 11.8 Å². The van der Waals surface area contributed by atoms with Gasteiger partial charge in [0.1, 0.15) is 5.82 Å². The fourth-order valence-electron chi connectivity index (χ4n) is 1.71. The number of carbonyl (C=O) groups excluding carboxylic acids is 1. The van der Waals surface area contributed by atoms with Crippen LogP contribution < -0.4 is 11.1 Å². The van der Waals surface area contributed by atoms with E-state index in [2.05, 4.69) is 15.3 Å². The first kappa shape index (κ1) is 15.6. The molecule has 2 aromatic rings. The molecular formula is C14H15ClN4OS. The Morgan fingerprint density at radius 1 is 1.33 bits per heavy atom. The van der Waals surface area contributed by atoms with Crippen LogP contribution in [0.5, 0.6) is 0 Å². The molecule has 0 radical (unpaired) electrons. The zero-order valence-electron chi connectivity index (χ0n) is 11.7. The molecule has 3 N–H and O–H groups in total. The Kier molecular flexibility index (Phi) is 5.03. The van der Waals surface area contributed by atoms with Crippen LogP contribution in [0.3, 0.4) is 0 Å². The minimum atomic E-state index is -0.130. The largest absolute Gasteiger partial charge is 0.384 e. The molecule has 0 bridgehead atoms. The highest BCUT2D eigenvalue weighted by molar-refractivity contribution is 7.99. The van der Waals surface area contributed by atoms with E-state index < -0.39 is 0 Å². The maximum atomic E-state index is 11.9. The van der Waals surface area contributed by atoms with E-state index in [9.17, 15) is 4.79 Å². The summed E-state index contributed by atoms with van der Waals surface area (Å²) in [6.45, 7) is 3.72. The number of nitrogens with one attached hydrogen (secondary N) is 1. The molecule has 0 aliphatic carbocycles. The van der Waals surface area contributed by atoms with Crippen LogP contribution in [0.2, 0.25) is 5.02 Å². The molecule has 0 aliphatic heterocycles. The van der Waals surface area contributed by atoms with Gasteiger partial charge in [-0.15, -0.1) is 0 Å². The van der Waals surface area contributed by atoms with Gasteiger partial charge in [-0.1, -0.05) is 23.4 Å². The first-order chi connectivity index (χ1) is 9.94. The van der Waals surface area contributed by atoms with Gasteiger partial charge in [0.15, 0.2) is 5.16 Å². The number of hydrogen-bond donors (Lipinski definition) is 2. The van der Waals surface area contributed by atoms with Crippen LogP contribution in [0.15, 0.2) is 29.4 Å². The molecule has 0 atom stereocenters. The summed E-state index contributed by atoms with van der Waals surface area (Å²) in [5, 5.41) is 3.97. The first-order valence-electron chi connectivity index (χ1n) is 6.24. The summed E-state index contributed by atoms with van der Waals surface area (Å²) in [6.07, 6.45) is 0. The molecule has 1 heterocycles. The molecular weight excluding hydrogens is 308 g/mol. The van der Waals surface area contributed by atoms with Gasteiger partial charge in [-0.2, -0.15) is 0 Å². The third-order valence-corrected chi connectivity index (χ3v) is 3.73. The summed E-state index contributed by atoms with van der Waals surface area (Å²) >= 11 is 7.12. The van der Waals surface area contributed by atoms with Crippen LogP contribution in [-0.2, 0) is 4.79 Å². The van der Waals surface area contributed by atoms with Crippen molar-refractivity contribution in [2.75, 3.05) is 16.8 Å². The fourth-order valence-corrected chi connectivity index (χ4v) is 2.65. The number of thioether (sulfide) groups is 1. The Labute approximate surface area is 132 Å². The first-order valence-corrected chi connectivity index (χ1v) is 7.60. The number of carbonyl (C=O) groups is 1. The predicted molar refractivity (Wildman–Crippen MR) is 86.7 cm³/mol. The highest BCUT2D eigenvalue weighted by atomic mass is 35.5. The molecule has 21 heavy (non-hydrogen) atoms. The lowest BCUT2D eigenvalue weighted by Gasteiger charge is -2.08. The highest BCUT2D eigenvalue weighted by Crippen LogP contribution is 2.20. The Hall–Kier alpha value is -1.79. The number of halogens is 1. The highest BCUT2D eigenvalue weighted by Gasteiger charge is 2.08. The molecule has 0 saturated heterocycles. The van der Waals surface area contributed by atoms with Crippen molar-refractivity contribution in [1.29, 1.82) is 0 Å². The summed E-state index contributed by atoms with van der Waals surface area (Å²) in [5.74, 6) is 0.485. The van der Waals surface area contributed by atoms with Crippen molar-refractivity contribution in [2.45, 2.75) is 19.0 Å². The molecule has 2 rings (SSSR count). The van der Waals surface area contributed by atoms with E-state index in [4.69, 9.17) is 17.3 Å². The van der Waals surface area contributed by atoms with E-state index in [-0.39, 0.29) is 11.7 Å². The molecule has 7 heteroatoms. The van der Waals surface area contributed by atoms with E-state index >= 15 is 0 Å². The third-order valence-electron chi connectivity index (χ3n) is 2.65. The van der Waals surface area contributed by atoms with Gasteiger partial charge in [-0.05, 0) is 37.6 Å². The molecule has 0 aliphatic rings. The zero-order valence-corrected chi connectivity index (χ0v) is 13.3. The Morgan fingerprint density at radius 3 is 2.76 bits per heavy atom. The fraction of sp³-hybridized carbons (Fsp3) is 0.214. The van der Waals surface area contributed by atoms with Gasteiger partial charge in [0.05, 0.1) is 5.75 Å². The topological polar surface area (TPSA) is 80.9 Å². The smallest absolute Gasteiger partial charge is 0.234 e. The zero-order chi connectivity index (χ0) is 15.4. The van der Waals surface area contributed by atoms with Crippen molar-refractivity contribution in [3.8, 4) is 0 Å². The molecule has 110 valence electrons. The summed E-state index contributed by atoms with van der Waals surface area (Å²) in [7, 11) is 0. The molecule has 1 aromatic carbocycles. The number of hydrogen-bond acceptors (Lipinski definition) is 5. The number of anilines is 2. The summed E-state index contributed by atoms with van der Waals surface area (Å²) < 4.78 is 0.